The zero-order valence-corrected chi connectivity index (χ0v) is 14.8. The third kappa shape index (κ3) is 4.84. The molecule has 1 aromatic rings. The number of carbonyl (C=O) groups is 2. The quantitative estimate of drug-likeness (QED) is 0.859. The van der Waals surface area contributed by atoms with Crippen LogP contribution >= 0.6 is 11.6 Å². The SMILES string of the molecule is O=C1CC(CNC(=O)N2CCC(F)(Cc3ccc(Cl)cc3)CC2)CN1. The lowest BCUT2D eigenvalue weighted by Crippen LogP contribution is -2.49. The Morgan fingerprint density at radius 2 is 2.00 bits per heavy atom. The van der Waals surface area contributed by atoms with E-state index in [0.717, 1.165) is 5.56 Å². The average molecular weight is 368 g/mol. The van der Waals surface area contributed by atoms with E-state index in [-0.39, 0.29) is 17.9 Å². The molecule has 5 nitrogen and oxygen atoms in total. The topological polar surface area (TPSA) is 61.4 Å². The zero-order chi connectivity index (χ0) is 17.9. The maximum atomic E-state index is 15.0. The Kier molecular flexibility index (Phi) is 5.47. The highest BCUT2D eigenvalue weighted by molar-refractivity contribution is 6.30. The third-order valence-electron chi connectivity index (χ3n) is 4.98. The van der Waals surface area contributed by atoms with Gasteiger partial charge in [0, 0.05) is 50.0 Å². The van der Waals surface area contributed by atoms with Crippen LogP contribution in [-0.4, -0.2) is 48.7 Å². The second-order valence-corrected chi connectivity index (χ2v) is 7.44. The fourth-order valence-electron chi connectivity index (χ4n) is 3.41. The summed E-state index contributed by atoms with van der Waals surface area (Å²) < 4.78 is 15.0. The fourth-order valence-corrected chi connectivity index (χ4v) is 3.53. The molecule has 1 unspecified atom stereocenters. The minimum Gasteiger partial charge on any atom is -0.356 e. The van der Waals surface area contributed by atoms with Gasteiger partial charge in [-0.25, -0.2) is 9.18 Å². The largest absolute Gasteiger partial charge is 0.356 e. The van der Waals surface area contributed by atoms with Gasteiger partial charge in [0.2, 0.25) is 5.91 Å². The van der Waals surface area contributed by atoms with Gasteiger partial charge in [-0.2, -0.15) is 0 Å². The lowest BCUT2D eigenvalue weighted by molar-refractivity contribution is -0.119. The van der Waals surface area contributed by atoms with E-state index in [9.17, 15) is 9.59 Å². The first-order valence-electron chi connectivity index (χ1n) is 8.66. The van der Waals surface area contributed by atoms with Gasteiger partial charge in [0.15, 0.2) is 0 Å². The first-order valence-corrected chi connectivity index (χ1v) is 9.04. The Morgan fingerprint density at radius 1 is 1.32 bits per heavy atom. The van der Waals surface area contributed by atoms with E-state index >= 15 is 4.39 Å². The van der Waals surface area contributed by atoms with E-state index in [4.69, 9.17) is 11.6 Å². The normalized spacial score (nSPS) is 22.6. The predicted octanol–water partition coefficient (Wildman–Crippen LogP) is 2.53. The minimum absolute atomic E-state index is 0.0293. The summed E-state index contributed by atoms with van der Waals surface area (Å²) >= 11 is 5.86. The molecule has 2 heterocycles. The van der Waals surface area contributed by atoms with Crippen molar-refractivity contribution in [3.63, 3.8) is 0 Å². The molecule has 3 rings (SSSR count). The van der Waals surface area contributed by atoms with Crippen molar-refractivity contribution in [2.45, 2.75) is 31.4 Å². The van der Waals surface area contributed by atoms with Crippen LogP contribution < -0.4 is 10.6 Å². The van der Waals surface area contributed by atoms with Gasteiger partial charge >= 0.3 is 6.03 Å². The number of hydrogen-bond acceptors (Lipinski definition) is 2. The number of amides is 3. The molecule has 2 aliphatic heterocycles. The monoisotopic (exact) mass is 367 g/mol. The molecule has 2 aliphatic rings. The summed E-state index contributed by atoms with van der Waals surface area (Å²) in [6.07, 6.45) is 1.45. The summed E-state index contributed by atoms with van der Waals surface area (Å²) in [5, 5.41) is 6.25. The fraction of sp³-hybridized carbons (Fsp3) is 0.556. The smallest absolute Gasteiger partial charge is 0.317 e. The molecule has 0 radical (unpaired) electrons. The Balaban J connectivity index is 1.44. The molecule has 0 aliphatic carbocycles. The number of urea groups is 1. The molecule has 0 aromatic heterocycles. The standard InChI is InChI=1S/C18H23ClFN3O2/c19-15-3-1-13(2-4-15)10-18(20)5-7-23(8-6-18)17(25)22-12-14-9-16(24)21-11-14/h1-4,14H,5-12H2,(H,21,24)(H,22,25). The molecule has 7 heteroatoms. The lowest BCUT2D eigenvalue weighted by Gasteiger charge is -2.36. The van der Waals surface area contributed by atoms with Crippen LogP contribution in [0.2, 0.25) is 5.02 Å². The number of rotatable bonds is 4. The maximum Gasteiger partial charge on any atom is 0.317 e. The number of benzene rings is 1. The van der Waals surface area contributed by atoms with Gasteiger partial charge in [0.1, 0.15) is 5.67 Å². The highest BCUT2D eigenvalue weighted by Gasteiger charge is 2.36. The maximum absolute atomic E-state index is 15.0. The van der Waals surface area contributed by atoms with Crippen molar-refractivity contribution in [1.29, 1.82) is 0 Å². The van der Waals surface area contributed by atoms with Crippen LogP contribution in [0.5, 0.6) is 0 Å². The van der Waals surface area contributed by atoms with Crippen LogP contribution in [0, 0.1) is 5.92 Å². The zero-order valence-electron chi connectivity index (χ0n) is 14.1. The van der Waals surface area contributed by atoms with Crippen LogP contribution in [0.4, 0.5) is 9.18 Å². The molecular weight excluding hydrogens is 345 g/mol. The van der Waals surface area contributed by atoms with Crippen molar-refractivity contribution >= 4 is 23.5 Å². The summed E-state index contributed by atoms with van der Waals surface area (Å²) in [7, 11) is 0. The van der Waals surface area contributed by atoms with Gasteiger partial charge in [0.25, 0.3) is 0 Å². The number of halogens is 2. The van der Waals surface area contributed by atoms with Crippen LogP contribution in [-0.2, 0) is 11.2 Å². The molecule has 2 saturated heterocycles. The van der Waals surface area contributed by atoms with E-state index in [1.807, 2.05) is 12.1 Å². The van der Waals surface area contributed by atoms with Gasteiger partial charge in [-0.3, -0.25) is 4.79 Å². The number of likely N-dealkylation sites (tertiary alicyclic amines) is 1. The van der Waals surface area contributed by atoms with E-state index in [1.165, 1.54) is 0 Å². The second kappa shape index (κ2) is 7.60. The van der Waals surface area contributed by atoms with E-state index in [2.05, 4.69) is 10.6 Å². The van der Waals surface area contributed by atoms with Gasteiger partial charge in [-0.1, -0.05) is 23.7 Å². The second-order valence-electron chi connectivity index (χ2n) is 7.00. The molecule has 3 amide bonds. The summed E-state index contributed by atoms with van der Waals surface area (Å²) in [6, 6.07) is 7.06. The van der Waals surface area contributed by atoms with E-state index in [0.29, 0.717) is 56.9 Å². The van der Waals surface area contributed by atoms with Crippen LogP contribution in [0.1, 0.15) is 24.8 Å². The van der Waals surface area contributed by atoms with Crippen molar-refractivity contribution in [3.05, 3.63) is 34.9 Å². The lowest BCUT2D eigenvalue weighted by atomic mass is 9.87. The van der Waals surface area contributed by atoms with Crippen molar-refractivity contribution in [3.8, 4) is 0 Å². The Labute approximate surface area is 151 Å². The summed E-state index contributed by atoms with van der Waals surface area (Å²) in [5.74, 6) is 0.174. The van der Waals surface area contributed by atoms with Gasteiger partial charge in [-0.05, 0) is 30.5 Å². The summed E-state index contributed by atoms with van der Waals surface area (Å²) in [5.41, 5.74) is -0.366. The molecule has 2 fully saturated rings. The molecule has 1 atom stereocenters. The molecule has 2 N–H and O–H groups in total. The minimum atomic E-state index is -1.29. The molecule has 0 spiro atoms. The first kappa shape index (κ1) is 18.0. The highest BCUT2D eigenvalue weighted by atomic mass is 35.5. The molecular formula is C18H23ClFN3O2. The first-order chi connectivity index (χ1) is 11.9. The van der Waals surface area contributed by atoms with Crippen LogP contribution in [0.25, 0.3) is 0 Å². The number of nitrogens with one attached hydrogen (secondary N) is 2. The molecule has 0 saturated carbocycles. The van der Waals surface area contributed by atoms with Gasteiger partial charge in [-0.15, -0.1) is 0 Å². The van der Waals surface area contributed by atoms with Gasteiger partial charge < -0.3 is 15.5 Å². The summed E-state index contributed by atoms with van der Waals surface area (Å²) in [4.78, 5) is 25.0. The molecule has 1 aromatic carbocycles. The number of carbonyl (C=O) groups excluding carboxylic acids is 2. The Bertz CT molecular complexity index is 630. The van der Waals surface area contributed by atoms with Crippen molar-refractivity contribution in [2.75, 3.05) is 26.2 Å². The molecule has 0 bridgehead atoms. The Hall–Kier alpha value is -1.82. The highest BCUT2D eigenvalue weighted by Crippen LogP contribution is 2.30. The van der Waals surface area contributed by atoms with E-state index in [1.54, 1.807) is 17.0 Å². The van der Waals surface area contributed by atoms with Crippen molar-refractivity contribution < 1.29 is 14.0 Å². The number of nitrogens with zero attached hydrogens (tertiary/aromatic N) is 1. The number of hydrogen-bond donors (Lipinski definition) is 2. The average Bonchev–Trinajstić information content (AvgIpc) is 3.01. The number of alkyl halides is 1. The summed E-state index contributed by atoms with van der Waals surface area (Å²) in [6.45, 7) is 1.88. The van der Waals surface area contributed by atoms with Crippen molar-refractivity contribution in [2.24, 2.45) is 5.92 Å². The van der Waals surface area contributed by atoms with Crippen LogP contribution in [0.15, 0.2) is 24.3 Å². The number of piperidine rings is 1. The van der Waals surface area contributed by atoms with Gasteiger partial charge in [0.05, 0.1) is 0 Å². The molecule has 136 valence electrons. The molecule has 25 heavy (non-hydrogen) atoms. The predicted molar refractivity (Wildman–Crippen MR) is 94.3 cm³/mol. The van der Waals surface area contributed by atoms with E-state index < -0.39 is 5.67 Å². The Morgan fingerprint density at radius 3 is 2.60 bits per heavy atom. The third-order valence-corrected chi connectivity index (χ3v) is 5.24. The van der Waals surface area contributed by atoms with Crippen LogP contribution in [0.3, 0.4) is 0 Å². The van der Waals surface area contributed by atoms with Crippen molar-refractivity contribution in [1.82, 2.24) is 15.5 Å².